The topological polar surface area (TPSA) is 128 Å². The minimum absolute atomic E-state index is 0.0147. The number of nitrogens with one attached hydrogen (secondary N) is 3. The van der Waals surface area contributed by atoms with Crippen LogP contribution in [0.5, 0.6) is 5.75 Å². The summed E-state index contributed by atoms with van der Waals surface area (Å²) in [5, 5.41) is 24.0. The average molecular weight is 592 g/mol. The first kappa shape index (κ1) is 29.9. The van der Waals surface area contributed by atoms with E-state index in [1.165, 1.54) is 11.1 Å². The Kier molecular flexibility index (Phi) is 9.40. The van der Waals surface area contributed by atoms with Crippen LogP contribution in [-0.2, 0) is 10.8 Å². The number of β-amino-alcohol motifs (C(OH)–C–C–N with tert-alkyl or cyclic N) is 1. The zero-order chi connectivity index (χ0) is 29.8. The molecule has 0 aliphatic carbocycles. The summed E-state index contributed by atoms with van der Waals surface area (Å²) in [6, 6.07) is 11.9. The van der Waals surface area contributed by atoms with E-state index in [-0.39, 0.29) is 18.0 Å². The van der Waals surface area contributed by atoms with Crippen LogP contribution in [0.4, 0.5) is 23.1 Å². The number of hydrogen-bond acceptors (Lipinski definition) is 9. The van der Waals surface area contributed by atoms with Crippen LogP contribution in [0.2, 0.25) is 0 Å². The minimum atomic E-state index is -1.18. The van der Waals surface area contributed by atoms with Crippen LogP contribution in [0.3, 0.4) is 0 Å². The van der Waals surface area contributed by atoms with Crippen molar-refractivity contribution < 1.29 is 14.1 Å². The molecule has 2 aromatic heterocycles. The zero-order valence-corrected chi connectivity index (χ0v) is 25.8. The van der Waals surface area contributed by atoms with Crippen molar-refractivity contribution in [1.82, 2.24) is 25.1 Å². The molecule has 42 heavy (non-hydrogen) atoms. The quantitative estimate of drug-likeness (QED) is 0.176. The number of aliphatic hydroxyl groups excluding tert-OH is 1. The monoisotopic (exact) mass is 591 g/mol. The van der Waals surface area contributed by atoms with Crippen LogP contribution >= 0.6 is 0 Å². The largest absolute Gasteiger partial charge is 0.489 e. The molecule has 0 bridgehead atoms. The van der Waals surface area contributed by atoms with Crippen LogP contribution in [0.1, 0.15) is 57.6 Å². The molecule has 1 atom stereocenters. The Bertz CT molecular complexity index is 1550. The van der Waals surface area contributed by atoms with E-state index in [4.69, 9.17) is 9.72 Å². The van der Waals surface area contributed by atoms with E-state index in [0.29, 0.717) is 23.3 Å². The van der Waals surface area contributed by atoms with Crippen LogP contribution in [-0.4, -0.2) is 72.0 Å². The standard InChI is InChI=1S/C31H41N7O3S/c1-19(2)41-27-17-23(22-10-12-38(13-11-22)14-15-39)21(5)16-26(27)34-31-35-29(24-18-32-37-30(24)36-31)33-25-8-6-7-9-28(25)42(40)20(3)4/h6-9,16-20,22,39H,10-15H2,1-5H3,(H3,32,33,34,35,36,37). The molecular formula is C31H41N7O3S. The molecule has 1 aliphatic rings. The third-order valence-corrected chi connectivity index (χ3v) is 9.16. The number of H-pyrrole nitrogens is 1. The fourth-order valence-corrected chi connectivity index (χ4v) is 6.49. The number of anilines is 4. The van der Waals surface area contributed by atoms with Gasteiger partial charge < -0.3 is 25.4 Å². The van der Waals surface area contributed by atoms with E-state index in [2.05, 4.69) is 49.8 Å². The molecule has 1 unspecified atom stereocenters. The SMILES string of the molecule is Cc1cc(Nc2nc(Nc3ccccc3S(=O)C(C)C)c3cn[nH]c3n2)c(OC(C)C)cc1C1CCN(CCO)CC1. The van der Waals surface area contributed by atoms with Gasteiger partial charge >= 0.3 is 0 Å². The minimum Gasteiger partial charge on any atom is -0.489 e. The van der Waals surface area contributed by atoms with Gasteiger partial charge in [0.25, 0.3) is 0 Å². The Hall–Kier alpha value is -3.54. The zero-order valence-electron chi connectivity index (χ0n) is 25.0. The van der Waals surface area contributed by atoms with Crippen molar-refractivity contribution in [3.05, 3.63) is 53.7 Å². The van der Waals surface area contributed by atoms with E-state index in [1.54, 1.807) is 6.20 Å². The number of nitrogens with zero attached hydrogens (tertiary/aromatic N) is 4. The van der Waals surface area contributed by atoms with E-state index >= 15 is 0 Å². The summed E-state index contributed by atoms with van der Waals surface area (Å²) in [5.74, 6) is 2.13. The van der Waals surface area contributed by atoms with Crippen molar-refractivity contribution >= 4 is 45.0 Å². The summed E-state index contributed by atoms with van der Waals surface area (Å²) in [6.45, 7) is 12.9. The Balaban J connectivity index is 1.46. The van der Waals surface area contributed by atoms with Crippen LogP contribution in [0.15, 0.2) is 47.5 Å². The maximum absolute atomic E-state index is 13.0. The predicted octanol–water partition coefficient (Wildman–Crippen LogP) is 5.62. The smallest absolute Gasteiger partial charge is 0.231 e. The Morgan fingerprint density at radius 3 is 2.57 bits per heavy atom. The fraction of sp³-hybridized carbons (Fsp3) is 0.452. The van der Waals surface area contributed by atoms with E-state index in [0.717, 1.165) is 59.9 Å². The normalized spacial score (nSPS) is 15.4. The molecular weight excluding hydrogens is 550 g/mol. The summed E-state index contributed by atoms with van der Waals surface area (Å²) in [5.41, 5.74) is 4.56. The van der Waals surface area contributed by atoms with E-state index in [1.807, 2.05) is 52.0 Å². The molecule has 0 saturated carbocycles. The molecule has 4 aromatic rings. The highest BCUT2D eigenvalue weighted by atomic mass is 32.2. The van der Waals surface area contributed by atoms with Gasteiger partial charge in [0.1, 0.15) is 11.6 Å². The van der Waals surface area contributed by atoms with Crippen molar-refractivity contribution in [3.8, 4) is 5.75 Å². The van der Waals surface area contributed by atoms with Gasteiger partial charge in [0.2, 0.25) is 5.95 Å². The summed E-state index contributed by atoms with van der Waals surface area (Å²) < 4.78 is 19.3. The summed E-state index contributed by atoms with van der Waals surface area (Å²) in [7, 11) is -1.18. The summed E-state index contributed by atoms with van der Waals surface area (Å²) in [4.78, 5) is 12.5. The Labute approximate surface area is 249 Å². The maximum atomic E-state index is 13.0. The maximum Gasteiger partial charge on any atom is 0.231 e. The highest BCUT2D eigenvalue weighted by Gasteiger charge is 2.24. The Morgan fingerprint density at radius 2 is 1.86 bits per heavy atom. The molecule has 2 aromatic carbocycles. The molecule has 1 aliphatic heterocycles. The number of fused-ring (bicyclic) bond motifs is 1. The number of aryl methyl sites for hydroxylation is 1. The number of benzene rings is 2. The van der Waals surface area contributed by atoms with Gasteiger partial charge in [-0.05, 0) is 88.0 Å². The molecule has 11 heteroatoms. The lowest BCUT2D eigenvalue weighted by Crippen LogP contribution is -2.35. The third-order valence-electron chi connectivity index (χ3n) is 7.52. The van der Waals surface area contributed by atoms with Crippen molar-refractivity contribution in [2.24, 2.45) is 0 Å². The third kappa shape index (κ3) is 6.74. The fourth-order valence-electron chi connectivity index (χ4n) is 5.44. The van der Waals surface area contributed by atoms with Gasteiger partial charge in [-0.1, -0.05) is 26.0 Å². The lowest BCUT2D eigenvalue weighted by molar-refractivity contribution is 0.164. The number of likely N-dealkylation sites (tertiary alicyclic amines) is 1. The van der Waals surface area contributed by atoms with Crippen LogP contribution < -0.4 is 15.4 Å². The van der Waals surface area contributed by atoms with Crippen molar-refractivity contribution in [2.75, 3.05) is 36.9 Å². The molecule has 10 nitrogen and oxygen atoms in total. The number of aromatic amines is 1. The summed E-state index contributed by atoms with van der Waals surface area (Å²) >= 11 is 0. The summed E-state index contributed by atoms with van der Waals surface area (Å²) in [6.07, 6.45) is 3.76. The second-order valence-corrected chi connectivity index (χ2v) is 13.3. The second kappa shape index (κ2) is 13.2. The van der Waals surface area contributed by atoms with E-state index in [9.17, 15) is 9.32 Å². The van der Waals surface area contributed by atoms with Crippen molar-refractivity contribution in [3.63, 3.8) is 0 Å². The molecule has 1 fully saturated rings. The Morgan fingerprint density at radius 1 is 1.10 bits per heavy atom. The lowest BCUT2D eigenvalue weighted by atomic mass is 9.86. The first-order valence-corrected chi connectivity index (χ1v) is 15.8. The molecule has 5 rings (SSSR count). The number of ether oxygens (including phenoxy) is 1. The lowest BCUT2D eigenvalue weighted by Gasteiger charge is -2.32. The first-order valence-electron chi connectivity index (χ1n) is 14.6. The number of piperidine rings is 1. The predicted molar refractivity (Wildman–Crippen MR) is 169 cm³/mol. The molecule has 0 radical (unpaired) electrons. The average Bonchev–Trinajstić information content (AvgIpc) is 3.44. The number of hydrogen-bond donors (Lipinski definition) is 4. The molecule has 3 heterocycles. The van der Waals surface area contributed by atoms with Gasteiger partial charge in [0.15, 0.2) is 5.65 Å². The number of rotatable bonds is 11. The molecule has 224 valence electrons. The van der Waals surface area contributed by atoms with Gasteiger partial charge in [-0.3, -0.25) is 9.31 Å². The number of aliphatic hydroxyl groups is 1. The molecule has 1 saturated heterocycles. The van der Waals surface area contributed by atoms with Gasteiger partial charge in [0, 0.05) is 11.8 Å². The first-order chi connectivity index (χ1) is 20.2. The van der Waals surface area contributed by atoms with Crippen LogP contribution in [0, 0.1) is 6.92 Å². The van der Waals surface area contributed by atoms with E-state index < -0.39 is 10.8 Å². The molecule has 4 N–H and O–H groups in total. The number of para-hydroxylation sites is 1. The van der Waals surface area contributed by atoms with Crippen LogP contribution in [0.25, 0.3) is 11.0 Å². The van der Waals surface area contributed by atoms with Gasteiger partial charge in [-0.15, -0.1) is 0 Å². The van der Waals surface area contributed by atoms with Crippen molar-refractivity contribution in [1.29, 1.82) is 0 Å². The molecule has 0 amide bonds. The van der Waals surface area contributed by atoms with Gasteiger partial charge in [-0.2, -0.15) is 15.1 Å². The highest BCUT2D eigenvalue weighted by Crippen LogP contribution is 2.38. The highest BCUT2D eigenvalue weighted by molar-refractivity contribution is 7.85. The molecule has 0 spiro atoms. The number of aromatic nitrogens is 4. The van der Waals surface area contributed by atoms with Gasteiger partial charge in [0.05, 0.1) is 51.4 Å². The van der Waals surface area contributed by atoms with Gasteiger partial charge in [-0.25, -0.2) is 0 Å². The second-order valence-electron chi connectivity index (χ2n) is 11.3. The van der Waals surface area contributed by atoms with Crippen molar-refractivity contribution in [2.45, 2.75) is 69.6 Å².